The van der Waals surface area contributed by atoms with Gasteiger partial charge in [-0.05, 0) is 84.9 Å². The van der Waals surface area contributed by atoms with Gasteiger partial charge in [0.05, 0.1) is 11.0 Å². The first-order chi connectivity index (χ1) is 29.8. The third kappa shape index (κ3) is 4.22. The highest BCUT2D eigenvalue weighted by Crippen LogP contribution is 2.50. The van der Waals surface area contributed by atoms with E-state index >= 15 is 0 Å². The Morgan fingerprint density at radius 2 is 0.883 bits per heavy atom. The fraction of sp³-hybridized carbons (Fsp3) is 0. The fourth-order valence-corrected chi connectivity index (χ4v) is 10.3. The van der Waals surface area contributed by atoms with Crippen LogP contribution in [0.2, 0.25) is 0 Å². The Morgan fingerprint density at radius 1 is 0.317 bits per heavy atom. The van der Waals surface area contributed by atoms with Crippen LogP contribution in [0.4, 0.5) is 0 Å². The molecule has 0 saturated carbocycles. The number of rotatable bonds is 4. The Kier molecular flexibility index (Phi) is 6.23. The second kappa shape index (κ2) is 11.7. The lowest BCUT2D eigenvalue weighted by molar-refractivity contribution is 0.669. The van der Waals surface area contributed by atoms with Crippen molar-refractivity contribution in [2.75, 3.05) is 0 Å². The second-order valence-electron chi connectivity index (χ2n) is 15.9. The van der Waals surface area contributed by atoms with Crippen LogP contribution < -0.4 is 0 Å². The third-order valence-corrected chi connectivity index (χ3v) is 12.7. The monoisotopic (exact) mass is 762 g/mol. The Balaban J connectivity index is 1.07. The maximum Gasteiger partial charge on any atom is 0.164 e. The van der Waals surface area contributed by atoms with Crippen LogP contribution in [0.15, 0.2) is 186 Å². The van der Waals surface area contributed by atoms with Crippen molar-refractivity contribution < 1.29 is 4.42 Å². The van der Waals surface area contributed by atoms with Crippen molar-refractivity contribution in [2.45, 2.75) is 0 Å². The van der Waals surface area contributed by atoms with E-state index < -0.39 is 0 Å². The van der Waals surface area contributed by atoms with Crippen molar-refractivity contribution in [3.8, 4) is 39.9 Å². The topological polar surface area (TPSA) is 56.7 Å². The SMILES string of the molecule is c1ccc(-c2nc(-c3cccc(-n4c5cccc6c7ccccc7c7ccc8c9ccccc9c9cc4c(c7c89)c65)c3)nc(-c3cccc4oc5ccccc5c34)n2)cc1. The van der Waals surface area contributed by atoms with Crippen LogP contribution in [-0.4, -0.2) is 19.5 Å². The molecule has 0 aliphatic carbocycles. The van der Waals surface area contributed by atoms with Crippen molar-refractivity contribution in [3.05, 3.63) is 182 Å². The lowest BCUT2D eigenvalue weighted by Crippen LogP contribution is -2.01. The molecule has 11 aromatic carbocycles. The number of benzene rings is 9. The summed E-state index contributed by atoms with van der Waals surface area (Å²) < 4.78 is 8.76. The first-order valence-corrected chi connectivity index (χ1v) is 20.4. The maximum atomic E-state index is 6.30. The summed E-state index contributed by atoms with van der Waals surface area (Å²) in [4.78, 5) is 15.6. The van der Waals surface area contributed by atoms with E-state index in [4.69, 9.17) is 19.4 Å². The summed E-state index contributed by atoms with van der Waals surface area (Å²) in [6.45, 7) is 0. The normalized spacial score (nSPS) is 12.3. The molecule has 0 radical (unpaired) electrons. The molecule has 0 saturated heterocycles. The predicted molar refractivity (Wildman–Crippen MR) is 248 cm³/mol. The minimum Gasteiger partial charge on any atom is -0.456 e. The largest absolute Gasteiger partial charge is 0.456 e. The first kappa shape index (κ1) is 31.9. The molecule has 5 nitrogen and oxygen atoms in total. The molecule has 3 heterocycles. The van der Waals surface area contributed by atoms with Crippen molar-refractivity contribution in [1.82, 2.24) is 19.5 Å². The third-order valence-electron chi connectivity index (χ3n) is 12.7. The van der Waals surface area contributed by atoms with Gasteiger partial charge in [0.2, 0.25) is 0 Å². The lowest BCUT2D eigenvalue weighted by atomic mass is 9.97. The number of hydrogen-bond donors (Lipinski definition) is 0. The van der Waals surface area contributed by atoms with Gasteiger partial charge < -0.3 is 8.98 Å². The molecule has 0 aliphatic heterocycles. The molecular weight excluding hydrogens is 733 g/mol. The highest BCUT2D eigenvalue weighted by Gasteiger charge is 2.25. The highest BCUT2D eigenvalue weighted by atomic mass is 16.3. The van der Waals surface area contributed by atoms with E-state index in [1.54, 1.807) is 0 Å². The molecule has 0 unspecified atom stereocenters. The van der Waals surface area contributed by atoms with Crippen LogP contribution >= 0.6 is 0 Å². The number of furan rings is 1. The minimum absolute atomic E-state index is 0.597. The zero-order valence-corrected chi connectivity index (χ0v) is 32.0. The van der Waals surface area contributed by atoms with Crippen LogP contribution in [0.3, 0.4) is 0 Å². The van der Waals surface area contributed by atoms with Gasteiger partial charge in [-0.15, -0.1) is 0 Å². The van der Waals surface area contributed by atoms with Gasteiger partial charge in [-0.3, -0.25) is 0 Å². The van der Waals surface area contributed by atoms with E-state index in [1.807, 2.05) is 48.5 Å². The predicted octanol–water partition coefficient (Wildman–Crippen LogP) is 14.5. The van der Waals surface area contributed by atoms with Crippen molar-refractivity contribution in [2.24, 2.45) is 0 Å². The van der Waals surface area contributed by atoms with E-state index in [9.17, 15) is 0 Å². The summed E-state index contributed by atoms with van der Waals surface area (Å²) in [6, 6.07) is 64.8. The van der Waals surface area contributed by atoms with Gasteiger partial charge in [0.15, 0.2) is 17.5 Å². The van der Waals surface area contributed by atoms with Gasteiger partial charge in [-0.25, -0.2) is 15.0 Å². The molecule has 5 heteroatoms. The minimum atomic E-state index is 0.597. The summed E-state index contributed by atoms with van der Waals surface area (Å²) in [5.41, 5.74) is 7.75. The zero-order chi connectivity index (χ0) is 39.1. The van der Waals surface area contributed by atoms with Crippen molar-refractivity contribution in [1.29, 1.82) is 0 Å². The number of hydrogen-bond acceptors (Lipinski definition) is 4. The van der Waals surface area contributed by atoms with Crippen molar-refractivity contribution in [3.63, 3.8) is 0 Å². The number of aromatic nitrogens is 4. The highest BCUT2D eigenvalue weighted by molar-refractivity contribution is 6.44. The van der Waals surface area contributed by atoms with Gasteiger partial charge in [-0.2, -0.15) is 0 Å². The standard InChI is InChI=1S/C55H30N4O/c1-2-13-31(14-3-1)53-56-54(58-55(57-53)42-23-12-26-47-48(42)41-21-8-9-25-46(41)60-47)32-15-10-16-33(29-32)59-44-24-11-22-38-34-17-4-5-18-35(34)40-28-27-39-36-19-6-7-20-37(36)43-30-45(59)52(50(38)44)51(40)49(39)43/h1-30H. The van der Waals surface area contributed by atoms with Gasteiger partial charge in [0.1, 0.15) is 11.2 Å². The summed E-state index contributed by atoms with van der Waals surface area (Å²) in [5, 5.41) is 17.5. The Morgan fingerprint density at radius 3 is 1.67 bits per heavy atom. The molecule has 14 aromatic rings. The quantitative estimate of drug-likeness (QED) is 0.179. The molecule has 276 valence electrons. The van der Waals surface area contributed by atoms with Gasteiger partial charge in [-0.1, -0.05) is 146 Å². The first-order valence-electron chi connectivity index (χ1n) is 20.4. The molecule has 0 atom stereocenters. The Bertz CT molecular complexity index is 4070. The van der Waals surface area contributed by atoms with E-state index in [0.29, 0.717) is 17.5 Å². The lowest BCUT2D eigenvalue weighted by Gasteiger charge is -2.13. The summed E-state index contributed by atoms with van der Waals surface area (Å²) >= 11 is 0. The van der Waals surface area contributed by atoms with Crippen LogP contribution in [0.5, 0.6) is 0 Å². The number of para-hydroxylation sites is 1. The Hall–Kier alpha value is -8.15. The van der Waals surface area contributed by atoms with Crippen LogP contribution in [0.1, 0.15) is 0 Å². The molecule has 60 heavy (non-hydrogen) atoms. The van der Waals surface area contributed by atoms with Crippen LogP contribution in [0, 0.1) is 0 Å². The summed E-state index contributed by atoms with van der Waals surface area (Å²) in [6.07, 6.45) is 0. The van der Waals surface area contributed by atoms with Gasteiger partial charge in [0.25, 0.3) is 0 Å². The van der Waals surface area contributed by atoms with E-state index in [1.165, 1.54) is 75.7 Å². The molecule has 14 rings (SSSR count). The molecule has 0 fully saturated rings. The Labute approximate surface area is 342 Å². The van der Waals surface area contributed by atoms with Crippen LogP contribution in [-0.2, 0) is 0 Å². The van der Waals surface area contributed by atoms with Crippen LogP contribution in [0.25, 0.3) is 137 Å². The van der Waals surface area contributed by atoms with Gasteiger partial charge in [0, 0.05) is 49.3 Å². The average molecular weight is 763 g/mol. The van der Waals surface area contributed by atoms with Gasteiger partial charge >= 0.3 is 0 Å². The molecule has 3 aromatic heterocycles. The molecule has 0 N–H and O–H groups in total. The summed E-state index contributed by atoms with van der Waals surface area (Å²) in [5.74, 6) is 1.82. The van der Waals surface area contributed by atoms with E-state index in [-0.39, 0.29) is 0 Å². The van der Waals surface area contributed by atoms with E-state index in [2.05, 4.69) is 138 Å². The molecule has 0 aliphatic rings. The second-order valence-corrected chi connectivity index (χ2v) is 15.9. The summed E-state index contributed by atoms with van der Waals surface area (Å²) in [7, 11) is 0. The molecule has 0 spiro atoms. The zero-order valence-electron chi connectivity index (χ0n) is 32.0. The average Bonchev–Trinajstić information content (AvgIpc) is 3.95. The van der Waals surface area contributed by atoms with Crippen molar-refractivity contribution >= 4 is 97.6 Å². The maximum absolute atomic E-state index is 6.30. The van der Waals surface area contributed by atoms with E-state index in [0.717, 1.165) is 44.3 Å². The molecular formula is C55H30N4O. The fourth-order valence-electron chi connectivity index (χ4n) is 10.3. The molecule has 0 amide bonds. The number of nitrogens with zero attached hydrogens (tertiary/aromatic N) is 4. The smallest absolute Gasteiger partial charge is 0.164 e. The molecule has 0 bridgehead atoms. The number of fused-ring (bicyclic) bond motifs is 9.